The van der Waals surface area contributed by atoms with Crippen molar-refractivity contribution in [3.63, 3.8) is 0 Å². The van der Waals surface area contributed by atoms with Gasteiger partial charge in [-0.25, -0.2) is 19.2 Å². The number of rotatable bonds is 10. The zero-order valence-corrected chi connectivity index (χ0v) is 23.8. The lowest BCUT2D eigenvalue weighted by molar-refractivity contribution is -0.132. The highest BCUT2D eigenvalue weighted by molar-refractivity contribution is 5.91. The van der Waals surface area contributed by atoms with Crippen molar-refractivity contribution in [2.75, 3.05) is 0 Å². The van der Waals surface area contributed by atoms with Gasteiger partial charge in [-0.05, 0) is 74.2 Å². The van der Waals surface area contributed by atoms with Crippen molar-refractivity contribution in [2.45, 2.75) is 27.7 Å². The Labute approximate surface area is 244 Å². The molecule has 3 rings (SSSR count). The molecule has 0 saturated carbocycles. The number of carbonyl (C=O) groups excluding carboxylic acids is 4. The molecule has 0 bridgehead atoms. The quantitative estimate of drug-likeness (QED) is 0.148. The number of ether oxygens (including phenoxy) is 4. The summed E-state index contributed by atoms with van der Waals surface area (Å²) in [5.74, 6) is -2.24. The minimum absolute atomic E-state index is 0.0711. The van der Waals surface area contributed by atoms with Gasteiger partial charge in [0.2, 0.25) is 0 Å². The molecule has 0 aliphatic heterocycles. The highest BCUT2D eigenvalue weighted by atomic mass is 16.6. The Morgan fingerprint density at radius 2 is 0.857 bits per heavy atom. The fraction of sp³-hybridized carbons (Fsp3) is 0.118. The maximum atomic E-state index is 12.1. The second kappa shape index (κ2) is 14.2. The summed E-state index contributed by atoms with van der Waals surface area (Å²) in [4.78, 5) is 48.5. The lowest BCUT2D eigenvalue weighted by atomic mass is 9.99. The average Bonchev–Trinajstić information content (AvgIpc) is 2.95. The fourth-order valence-electron chi connectivity index (χ4n) is 3.49. The second-order valence-electron chi connectivity index (χ2n) is 9.08. The minimum atomic E-state index is -0.647. The number of allylic oxidation sites excluding steroid dienone is 2. The van der Waals surface area contributed by atoms with Crippen molar-refractivity contribution in [1.82, 2.24) is 0 Å². The van der Waals surface area contributed by atoms with E-state index in [9.17, 15) is 19.2 Å². The van der Waals surface area contributed by atoms with Gasteiger partial charge in [0.05, 0.1) is 0 Å². The zero-order valence-electron chi connectivity index (χ0n) is 23.8. The van der Waals surface area contributed by atoms with E-state index in [2.05, 4.69) is 13.2 Å². The molecule has 0 radical (unpaired) electrons. The first-order chi connectivity index (χ1) is 20.0. The molecule has 0 aliphatic rings. The molecule has 3 aromatic rings. The van der Waals surface area contributed by atoms with Crippen molar-refractivity contribution in [3.8, 4) is 45.3 Å². The van der Waals surface area contributed by atoms with Gasteiger partial charge in [-0.3, -0.25) is 0 Å². The van der Waals surface area contributed by atoms with Gasteiger partial charge >= 0.3 is 23.9 Å². The van der Waals surface area contributed by atoms with Crippen molar-refractivity contribution < 1.29 is 38.1 Å². The average molecular weight is 567 g/mol. The van der Waals surface area contributed by atoms with Crippen LogP contribution in [0.4, 0.5) is 0 Å². The van der Waals surface area contributed by atoms with E-state index in [1.54, 1.807) is 50.2 Å². The van der Waals surface area contributed by atoms with E-state index < -0.39 is 23.9 Å². The van der Waals surface area contributed by atoms with Crippen molar-refractivity contribution in [1.29, 1.82) is 0 Å². The van der Waals surface area contributed by atoms with Gasteiger partial charge < -0.3 is 18.9 Å². The van der Waals surface area contributed by atoms with Crippen LogP contribution in [0.1, 0.15) is 27.7 Å². The summed E-state index contributed by atoms with van der Waals surface area (Å²) in [5, 5.41) is 0. The Morgan fingerprint density at radius 3 is 1.17 bits per heavy atom. The minimum Gasteiger partial charge on any atom is -0.419 e. The Balaban J connectivity index is 1.96. The maximum absolute atomic E-state index is 12.1. The summed E-state index contributed by atoms with van der Waals surface area (Å²) in [6.07, 6.45) is 5.57. The lowest BCUT2D eigenvalue weighted by Gasteiger charge is -2.13. The molecule has 0 aromatic heterocycles. The van der Waals surface area contributed by atoms with Crippen LogP contribution in [-0.4, -0.2) is 23.9 Å². The van der Waals surface area contributed by atoms with Gasteiger partial charge in [-0.2, -0.15) is 0 Å². The standard InChI is InChI=1S/C34H30O8/c1-7-9-31(35)39-29-19-25(15-17-27(29)41-33(37)21(3)4)23-11-13-24(14-12-23)26-16-18-28(42-34(38)22(5)6)30(20-26)40-32(36)10-8-2/h7-20H,3,5H2,1-2,4,6H3/b9-7+,10-8+. The van der Waals surface area contributed by atoms with Crippen LogP contribution in [0.25, 0.3) is 22.3 Å². The molecule has 0 spiro atoms. The van der Waals surface area contributed by atoms with E-state index in [1.807, 2.05) is 24.3 Å². The van der Waals surface area contributed by atoms with Crippen LogP contribution in [0.15, 0.2) is 109 Å². The Hall–Kier alpha value is -5.50. The highest BCUT2D eigenvalue weighted by Crippen LogP contribution is 2.36. The SMILES string of the molecule is C=C(C)C(=O)Oc1ccc(-c2ccc(-c3ccc(OC(=O)C(=C)C)c(OC(=O)/C=C/C)c3)cc2)cc1OC(=O)/C=C/C. The molecule has 0 atom stereocenters. The van der Waals surface area contributed by atoms with Crippen LogP contribution in [0, 0.1) is 0 Å². The number of carbonyl (C=O) groups is 4. The van der Waals surface area contributed by atoms with Crippen LogP contribution in [-0.2, 0) is 19.2 Å². The number of benzene rings is 3. The lowest BCUT2D eigenvalue weighted by Crippen LogP contribution is -2.11. The first kappa shape index (κ1) is 31.0. The van der Waals surface area contributed by atoms with Crippen LogP contribution < -0.4 is 18.9 Å². The first-order valence-electron chi connectivity index (χ1n) is 12.9. The predicted octanol–water partition coefficient (Wildman–Crippen LogP) is 6.95. The predicted molar refractivity (Wildman–Crippen MR) is 159 cm³/mol. The van der Waals surface area contributed by atoms with E-state index in [1.165, 1.54) is 38.2 Å². The van der Waals surface area contributed by atoms with Crippen LogP contribution in [0.3, 0.4) is 0 Å². The van der Waals surface area contributed by atoms with Gasteiger partial charge in [0.1, 0.15) is 0 Å². The molecule has 0 aliphatic carbocycles. The molecule has 0 amide bonds. The van der Waals surface area contributed by atoms with Gasteiger partial charge in [0, 0.05) is 23.3 Å². The third-order valence-electron chi connectivity index (χ3n) is 5.57. The first-order valence-corrected chi connectivity index (χ1v) is 12.9. The highest BCUT2D eigenvalue weighted by Gasteiger charge is 2.17. The largest absolute Gasteiger partial charge is 0.419 e. The molecule has 214 valence electrons. The Bertz CT molecular complexity index is 1490. The molecule has 0 heterocycles. The van der Waals surface area contributed by atoms with Crippen LogP contribution in [0.5, 0.6) is 23.0 Å². The summed E-state index contributed by atoms with van der Waals surface area (Å²) < 4.78 is 21.5. The Kier molecular flexibility index (Phi) is 10.5. The Morgan fingerprint density at radius 1 is 0.524 bits per heavy atom. The van der Waals surface area contributed by atoms with E-state index in [-0.39, 0.29) is 34.1 Å². The van der Waals surface area contributed by atoms with Crippen molar-refractivity contribution in [3.05, 3.63) is 109 Å². The summed E-state index contributed by atoms with van der Waals surface area (Å²) in [7, 11) is 0. The number of esters is 4. The third-order valence-corrected chi connectivity index (χ3v) is 5.57. The van der Waals surface area contributed by atoms with E-state index >= 15 is 0 Å². The summed E-state index contributed by atoms with van der Waals surface area (Å²) in [5.41, 5.74) is 3.36. The second-order valence-corrected chi connectivity index (χ2v) is 9.08. The van der Waals surface area contributed by atoms with Crippen molar-refractivity contribution in [2.24, 2.45) is 0 Å². The molecule has 0 N–H and O–H groups in total. The molecule has 42 heavy (non-hydrogen) atoms. The molecule has 0 unspecified atom stereocenters. The van der Waals surface area contributed by atoms with Gasteiger partial charge in [0.25, 0.3) is 0 Å². The molecule has 8 heteroatoms. The summed E-state index contributed by atoms with van der Waals surface area (Å²) in [6.45, 7) is 13.5. The molecular weight excluding hydrogens is 536 g/mol. The van der Waals surface area contributed by atoms with Crippen LogP contribution in [0.2, 0.25) is 0 Å². The molecule has 0 fully saturated rings. The molecule has 8 nitrogen and oxygen atoms in total. The van der Waals surface area contributed by atoms with E-state index in [4.69, 9.17) is 18.9 Å². The van der Waals surface area contributed by atoms with E-state index in [0.717, 1.165) is 11.1 Å². The number of hydrogen-bond acceptors (Lipinski definition) is 8. The topological polar surface area (TPSA) is 105 Å². The summed E-state index contributed by atoms with van der Waals surface area (Å²) in [6, 6.07) is 17.1. The van der Waals surface area contributed by atoms with E-state index in [0.29, 0.717) is 11.1 Å². The fourth-order valence-corrected chi connectivity index (χ4v) is 3.49. The van der Waals surface area contributed by atoms with Gasteiger partial charge in [0.15, 0.2) is 23.0 Å². The van der Waals surface area contributed by atoms with Crippen molar-refractivity contribution >= 4 is 23.9 Å². The molecular formula is C34H30O8. The molecule has 3 aromatic carbocycles. The monoisotopic (exact) mass is 566 g/mol. The summed E-state index contributed by atoms with van der Waals surface area (Å²) >= 11 is 0. The zero-order chi connectivity index (χ0) is 30.8. The molecule has 0 saturated heterocycles. The van der Waals surface area contributed by atoms with Gasteiger partial charge in [-0.15, -0.1) is 0 Å². The number of hydrogen-bond donors (Lipinski definition) is 0. The third kappa shape index (κ3) is 8.25. The smallest absolute Gasteiger partial charge is 0.338 e. The maximum Gasteiger partial charge on any atom is 0.338 e. The van der Waals surface area contributed by atoms with Crippen LogP contribution >= 0.6 is 0 Å². The van der Waals surface area contributed by atoms with Gasteiger partial charge in [-0.1, -0.05) is 61.7 Å². The normalized spacial score (nSPS) is 10.8.